The first-order chi connectivity index (χ1) is 13.6. The largest absolute Gasteiger partial charge is 2.00 e. The zero-order valence-corrected chi connectivity index (χ0v) is 19.2. The van der Waals surface area contributed by atoms with Gasteiger partial charge in [-0.05, 0) is 62.2 Å². The van der Waals surface area contributed by atoms with Gasteiger partial charge < -0.3 is 29.7 Å². The van der Waals surface area contributed by atoms with E-state index >= 15 is 0 Å². The Bertz CT molecular complexity index is 728. The summed E-state index contributed by atoms with van der Waals surface area (Å²) >= 11 is 10.2. The molecule has 2 rings (SSSR count). The molecule has 1 radical (unpaired) electrons. The second kappa shape index (κ2) is 14.5. The van der Waals surface area contributed by atoms with Crippen molar-refractivity contribution in [2.45, 2.75) is 39.7 Å². The Labute approximate surface area is 194 Å². The molecule has 2 heterocycles. The zero-order valence-electron chi connectivity index (χ0n) is 16.7. The maximum Gasteiger partial charge on any atom is 2.00 e. The maximum atomic E-state index is 5.98. The molecule has 1 aromatic heterocycles. The van der Waals surface area contributed by atoms with Gasteiger partial charge in [0.15, 0.2) is 5.76 Å². The summed E-state index contributed by atoms with van der Waals surface area (Å²) in [5, 5.41) is 8.98. The number of piperidine rings is 1. The number of rotatable bonds is 8. The molecule has 0 atom stereocenters. The van der Waals surface area contributed by atoms with Crippen LogP contribution in [0.3, 0.4) is 0 Å². The molecule has 2 N–H and O–H groups in total. The van der Waals surface area contributed by atoms with Crippen LogP contribution in [0.2, 0.25) is 0 Å². The Morgan fingerprint density at radius 1 is 1.07 bits per heavy atom. The molecular weight excluding hydrogens is 458 g/mol. The minimum atomic E-state index is 0. The topological polar surface area (TPSA) is 89.9 Å². The number of hydrogen-bond donors (Lipinski definition) is 2. The fraction of sp³-hybridized carbons (Fsp3) is 0.556. The number of hydrogen-bond acceptors (Lipinski definition) is 8. The standard InChI is InChI=1S/C18H29N7OS2.Cu/c1-3-19-17(27)23-21-12-15(22-24-18(28)20-4-2)16-9-8-14(26-16)13-25-10-6-5-7-11-25;/h8-9,12H,3-7,10-11,13H2,1-2H3,(H2,19,23,27)(H2,20,24,28);/q;+2/p-2/b21-12+,22-15-;. The van der Waals surface area contributed by atoms with Crippen molar-refractivity contribution in [1.29, 1.82) is 0 Å². The summed E-state index contributed by atoms with van der Waals surface area (Å²) in [6.07, 6.45) is 5.30. The number of hydrazone groups is 2. The van der Waals surface area contributed by atoms with Crippen molar-refractivity contribution in [2.75, 3.05) is 26.2 Å². The summed E-state index contributed by atoms with van der Waals surface area (Å²) in [5.74, 6) is 1.48. The summed E-state index contributed by atoms with van der Waals surface area (Å²) in [4.78, 5) is 10.5. The van der Waals surface area contributed by atoms with Crippen LogP contribution in [0.1, 0.15) is 44.6 Å². The van der Waals surface area contributed by atoms with E-state index in [1.165, 1.54) is 25.5 Å². The molecule has 163 valence electrons. The molecule has 1 aliphatic rings. The third-order valence-electron chi connectivity index (χ3n) is 3.96. The third-order valence-corrected chi connectivity index (χ3v) is 4.41. The number of nitrogens with zero attached hydrogens (tertiary/aromatic N) is 5. The van der Waals surface area contributed by atoms with Gasteiger partial charge in [0.2, 0.25) is 0 Å². The minimum absolute atomic E-state index is 0. The molecule has 0 unspecified atom stereocenters. The fourth-order valence-electron chi connectivity index (χ4n) is 2.70. The SMILES string of the molecule is CCN=C([S-])N/N=C(/C=N/NC([S-])=NCC)c1ccc(CN2CCCCC2)o1.[Cu+2]. The molecule has 1 aliphatic heterocycles. The molecule has 1 aromatic rings. The van der Waals surface area contributed by atoms with Gasteiger partial charge in [-0.3, -0.25) is 25.7 Å². The molecule has 0 spiro atoms. The van der Waals surface area contributed by atoms with E-state index in [0.717, 1.165) is 25.4 Å². The number of likely N-dealkylation sites (tertiary alicyclic amines) is 1. The second-order valence-electron chi connectivity index (χ2n) is 6.14. The van der Waals surface area contributed by atoms with Gasteiger partial charge in [0.1, 0.15) is 11.5 Å². The molecule has 0 aromatic carbocycles. The van der Waals surface area contributed by atoms with Crippen LogP contribution < -0.4 is 10.9 Å². The molecule has 8 nitrogen and oxygen atoms in total. The van der Waals surface area contributed by atoms with Crippen molar-refractivity contribution >= 4 is 47.5 Å². The zero-order chi connectivity index (χ0) is 20.2. The van der Waals surface area contributed by atoms with E-state index in [9.17, 15) is 0 Å². The summed E-state index contributed by atoms with van der Waals surface area (Å²) < 4.78 is 5.98. The second-order valence-corrected chi connectivity index (χ2v) is 6.91. The van der Waals surface area contributed by atoms with Gasteiger partial charge in [-0.2, -0.15) is 10.2 Å². The Hall–Kier alpha value is -1.52. The van der Waals surface area contributed by atoms with Crippen molar-refractivity contribution in [2.24, 2.45) is 20.2 Å². The molecule has 0 saturated carbocycles. The fourth-order valence-corrected chi connectivity index (χ4v) is 3.06. The first-order valence-electron chi connectivity index (χ1n) is 9.49. The van der Waals surface area contributed by atoms with E-state index in [1.807, 2.05) is 26.0 Å². The molecule has 1 saturated heterocycles. The Kier molecular flexibility index (Phi) is 12.7. The van der Waals surface area contributed by atoms with Crippen LogP contribution in [0.25, 0.3) is 0 Å². The molecule has 29 heavy (non-hydrogen) atoms. The van der Waals surface area contributed by atoms with Crippen molar-refractivity contribution in [3.05, 3.63) is 23.7 Å². The predicted molar refractivity (Wildman–Crippen MR) is 120 cm³/mol. The van der Waals surface area contributed by atoms with E-state index in [4.69, 9.17) is 29.7 Å². The van der Waals surface area contributed by atoms with Gasteiger partial charge in [-0.25, -0.2) is 0 Å². The Morgan fingerprint density at radius 3 is 2.38 bits per heavy atom. The third kappa shape index (κ3) is 9.68. The van der Waals surface area contributed by atoms with Gasteiger partial charge in [0.25, 0.3) is 0 Å². The van der Waals surface area contributed by atoms with Gasteiger partial charge in [0.05, 0.1) is 12.8 Å². The van der Waals surface area contributed by atoms with Crippen LogP contribution in [0.5, 0.6) is 0 Å². The van der Waals surface area contributed by atoms with Gasteiger partial charge in [-0.1, -0.05) is 6.42 Å². The van der Waals surface area contributed by atoms with E-state index in [-0.39, 0.29) is 17.1 Å². The first kappa shape index (κ1) is 25.5. The number of aliphatic imine (C=N–C) groups is 2. The van der Waals surface area contributed by atoms with E-state index in [0.29, 0.717) is 34.9 Å². The quantitative estimate of drug-likeness (QED) is 0.193. The summed E-state index contributed by atoms with van der Waals surface area (Å²) in [5.41, 5.74) is 5.91. The minimum Gasteiger partial charge on any atom is -0.741 e. The van der Waals surface area contributed by atoms with E-state index in [2.05, 4.69) is 35.9 Å². The molecule has 0 aliphatic carbocycles. The van der Waals surface area contributed by atoms with Gasteiger partial charge in [-0.15, -0.1) is 0 Å². The van der Waals surface area contributed by atoms with Crippen LogP contribution in [0.15, 0.2) is 36.7 Å². The average molecular weight is 485 g/mol. The monoisotopic (exact) mass is 484 g/mol. The predicted octanol–water partition coefficient (Wildman–Crippen LogP) is 1.98. The average Bonchev–Trinajstić information content (AvgIpc) is 3.14. The van der Waals surface area contributed by atoms with E-state index < -0.39 is 0 Å². The summed E-state index contributed by atoms with van der Waals surface area (Å²) in [7, 11) is 0. The van der Waals surface area contributed by atoms with Crippen molar-refractivity contribution in [3.8, 4) is 0 Å². The van der Waals surface area contributed by atoms with Crippen LogP contribution >= 0.6 is 0 Å². The smallest absolute Gasteiger partial charge is 0.741 e. The Morgan fingerprint density at radius 2 is 1.72 bits per heavy atom. The van der Waals surface area contributed by atoms with Crippen molar-refractivity contribution in [1.82, 2.24) is 15.8 Å². The molecule has 0 amide bonds. The van der Waals surface area contributed by atoms with Crippen LogP contribution in [-0.4, -0.2) is 53.3 Å². The normalized spacial score (nSPS) is 16.7. The van der Waals surface area contributed by atoms with Crippen molar-refractivity contribution < 1.29 is 21.5 Å². The van der Waals surface area contributed by atoms with E-state index in [1.54, 1.807) is 0 Å². The van der Waals surface area contributed by atoms with Crippen LogP contribution in [0.4, 0.5) is 0 Å². The van der Waals surface area contributed by atoms with Gasteiger partial charge in [0, 0.05) is 13.1 Å². The van der Waals surface area contributed by atoms with Crippen LogP contribution in [-0.2, 0) is 48.9 Å². The van der Waals surface area contributed by atoms with Gasteiger partial charge >= 0.3 is 17.1 Å². The number of amidine groups is 2. The maximum absolute atomic E-state index is 5.98. The molecular formula is C18H27CuN7OS2. The first-order valence-corrected chi connectivity index (χ1v) is 10.3. The molecule has 1 fully saturated rings. The number of nitrogens with one attached hydrogen (secondary N) is 2. The Balaban J connectivity index is 0.00000420. The molecule has 0 bridgehead atoms. The summed E-state index contributed by atoms with van der Waals surface area (Å²) in [6, 6.07) is 3.84. The van der Waals surface area contributed by atoms with Crippen LogP contribution in [0, 0.1) is 0 Å². The number of furan rings is 1. The van der Waals surface area contributed by atoms with Crippen molar-refractivity contribution in [3.63, 3.8) is 0 Å². The molecule has 11 heteroatoms. The summed E-state index contributed by atoms with van der Waals surface area (Å²) in [6.45, 7) is 7.98.